The van der Waals surface area contributed by atoms with Crippen molar-refractivity contribution in [1.82, 2.24) is 0 Å². The van der Waals surface area contributed by atoms with Gasteiger partial charge in [0.1, 0.15) is 5.75 Å². The Morgan fingerprint density at radius 2 is 1.74 bits per heavy atom. The average Bonchev–Trinajstić information content (AvgIpc) is 2.68. The predicted octanol–water partition coefficient (Wildman–Crippen LogP) is 5.93. The molecule has 0 unspecified atom stereocenters. The fraction of sp³-hybridized carbons (Fsp3) is 0.458. The third-order valence-corrected chi connectivity index (χ3v) is 5.64. The second-order valence-electron chi connectivity index (χ2n) is 7.79. The lowest BCUT2D eigenvalue weighted by Crippen LogP contribution is -2.42. The fourth-order valence-corrected chi connectivity index (χ4v) is 4.03. The van der Waals surface area contributed by atoms with E-state index in [4.69, 9.17) is 4.74 Å². The first kappa shape index (κ1) is 19.5. The Labute approximate surface area is 163 Å². The van der Waals surface area contributed by atoms with Gasteiger partial charge in [0, 0.05) is 5.69 Å². The molecular weight excluding hydrogens is 334 g/mol. The topological polar surface area (TPSA) is 38.3 Å². The predicted molar refractivity (Wildman–Crippen MR) is 112 cm³/mol. The van der Waals surface area contributed by atoms with Crippen LogP contribution in [0.3, 0.4) is 0 Å². The monoisotopic (exact) mass is 365 g/mol. The SMILES string of the molecule is CCCOc1ccc(NC(=O)C2(c3ccc(C)cc3)CCCCC2)cc1C. The van der Waals surface area contributed by atoms with Crippen LogP contribution in [0.25, 0.3) is 0 Å². The van der Waals surface area contributed by atoms with Crippen LogP contribution in [0.15, 0.2) is 42.5 Å². The quantitative estimate of drug-likeness (QED) is 0.688. The summed E-state index contributed by atoms with van der Waals surface area (Å²) in [5.74, 6) is 1.01. The first-order valence-electron chi connectivity index (χ1n) is 10.2. The minimum Gasteiger partial charge on any atom is -0.493 e. The summed E-state index contributed by atoms with van der Waals surface area (Å²) in [6, 6.07) is 14.4. The van der Waals surface area contributed by atoms with Crippen molar-refractivity contribution in [3.8, 4) is 5.75 Å². The highest BCUT2D eigenvalue weighted by molar-refractivity contribution is 5.99. The molecular formula is C24H31NO2. The van der Waals surface area contributed by atoms with Gasteiger partial charge in [-0.3, -0.25) is 4.79 Å². The fourth-order valence-electron chi connectivity index (χ4n) is 4.03. The van der Waals surface area contributed by atoms with Crippen LogP contribution < -0.4 is 10.1 Å². The zero-order chi connectivity index (χ0) is 19.3. The molecule has 0 aromatic heterocycles. The highest BCUT2D eigenvalue weighted by atomic mass is 16.5. The molecule has 3 rings (SSSR count). The lowest BCUT2D eigenvalue weighted by molar-refractivity contribution is -0.122. The number of ether oxygens (including phenoxy) is 1. The zero-order valence-electron chi connectivity index (χ0n) is 16.8. The maximum atomic E-state index is 13.4. The summed E-state index contributed by atoms with van der Waals surface area (Å²) >= 11 is 0. The highest BCUT2D eigenvalue weighted by Crippen LogP contribution is 2.40. The summed E-state index contributed by atoms with van der Waals surface area (Å²) < 4.78 is 5.75. The van der Waals surface area contributed by atoms with Gasteiger partial charge in [-0.05, 0) is 62.4 Å². The van der Waals surface area contributed by atoms with E-state index in [1.807, 2.05) is 25.1 Å². The smallest absolute Gasteiger partial charge is 0.235 e. The third-order valence-electron chi connectivity index (χ3n) is 5.64. The molecule has 1 fully saturated rings. The molecule has 0 saturated heterocycles. The molecule has 144 valence electrons. The Hall–Kier alpha value is -2.29. The number of carbonyl (C=O) groups excluding carboxylic acids is 1. The van der Waals surface area contributed by atoms with E-state index in [-0.39, 0.29) is 5.91 Å². The first-order chi connectivity index (χ1) is 13.0. The number of amides is 1. The van der Waals surface area contributed by atoms with E-state index in [0.29, 0.717) is 6.61 Å². The molecule has 3 nitrogen and oxygen atoms in total. The summed E-state index contributed by atoms with van der Waals surface area (Å²) in [5, 5.41) is 3.20. The molecule has 3 heteroatoms. The molecule has 1 aliphatic carbocycles. The minimum atomic E-state index is -0.419. The van der Waals surface area contributed by atoms with E-state index in [2.05, 4.69) is 43.4 Å². The van der Waals surface area contributed by atoms with Crippen molar-refractivity contribution < 1.29 is 9.53 Å². The zero-order valence-corrected chi connectivity index (χ0v) is 16.8. The molecule has 0 radical (unpaired) electrons. The molecule has 1 aliphatic rings. The van der Waals surface area contributed by atoms with Crippen LogP contribution in [0.5, 0.6) is 5.75 Å². The molecule has 2 aromatic carbocycles. The molecule has 0 aliphatic heterocycles. The number of carbonyl (C=O) groups is 1. The van der Waals surface area contributed by atoms with Crippen molar-refractivity contribution in [2.45, 2.75) is 64.7 Å². The van der Waals surface area contributed by atoms with Crippen LogP contribution in [0.4, 0.5) is 5.69 Å². The van der Waals surface area contributed by atoms with Gasteiger partial charge in [-0.25, -0.2) is 0 Å². The standard InChI is InChI=1S/C24H31NO2/c1-4-16-27-22-13-12-21(17-19(22)3)25-23(26)24(14-6-5-7-15-24)20-10-8-18(2)9-11-20/h8-13,17H,4-7,14-16H2,1-3H3,(H,25,26). The van der Waals surface area contributed by atoms with Crippen molar-refractivity contribution in [3.05, 3.63) is 59.2 Å². The lowest BCUT2D eigenvalue weighted by atomic mass is 9.68. The number of aryl methyl sites for hydroxylation is 2. The van der Waals surface area contributed by atoms with Gasteiger partial charge in [-0.2, -0.15) is 0 Å². The van der Waals surface area contributed by atoms with Gasteiger partial charge >= 0.3 is 0 Å². The lowest BCUT2D eigenvalue weighted by Gasteiger charge is -2.36. The van der Waals surface area contributed by atoms with Gasteiger partial charge in [0.15, 0.2) is 0 Å². The largest absolute Gasteiger partial charge is 0.493 e. The van der Waals surface area contributed by atoms with Crippen LogP contribution in [0, 0.1) is 13.8 Å². The molecule has 0 spiro atoms. The van der Waals surface area contributed by atoms with Crippen molar-refractivity contribution in [2.24, 2.45) is 0 Å². The molecule has 1 N–H and O–H groups in total. The van der Waals surface area contributed by atoms with Crippen LogP contribution in [-0.2, 0) is 10.2 Å². The van der Waals surface area contributed by atoms with E-state index < -0.39 is 5.41 Å². The van der Waals surface area contributed by atoms with Crippen LogP contribution in [-0.4, -0.2) is 12.5 Å². The summed E-state index contributed by atoms with van der Waals surface area (Å²) in [6.07, 6.45) is 6.23. The molecule has 27 heavy (non-hydrogen) atoms. The first-order valence-corrected chi connectivity index (χ1v) is 10.2. The Morgan fingerprint density at radius 3 is 2.37 bits per heavy atom. The maximum absolute atomic E-state index is 13.4. The summed E-state index contributed by atoms with van der Waals surface area (Å²) in [5.41, 5.74) is 3.85. The van der Waals surface area contributed by atoms with Crippen LogP contribution in [0.1, 0.15) is 62.1 Å². The highest BCUT2D eigenvalue weighted by Gasteiger charge is 2.41. The molecule has 1 saturated carbocycles. The van der Waals surface area contributed by atoms with E-state index in [9.17, 15) is 4.79 Å². The maximum Gasteiger partial charge on any atom is 0.235 e. The molecule has 0 bridgehead atoms. The van der Waals surface area contributed by atoms with Crippen molar-refractivity contribution in [1.29, 1.82) is 0 Å². The number of hydrogen-bond donors (Lipinski definition) is 1. The normalized spacial score (nSPS) is 16.0. The van der Waals surface area contributed by atoms with Gasteiger partial charge in [0.25, 0.3) is 0 Å². The van der Waals surface area contributed by atoms with Crippen LogP contribution >= 0.6 is 0 Å². The molecule has 1 amide bonds. The van der Waals surface area contributed by atoms with Gasteiger partial charge in [-0.15, -0.1) is 0 Å². The van der Waals surface area contributed by atoms with E-state index >= 15 is 0 Å². The Balaban J connectivity index is 1.83. The van der Waals surface area contributed by atoms with Crippen molar-refractivity contribution in [2.75, 3.05) is 11.9 Å². The van der Waals surface area contributed by atoms with Gasteiger partial charge in [0.05, 0.1) is 12.0 Å². The summed E-state index contributed by atoms with van der Waals surface area (Å²) in [7, 11) is 0. The van der Waals surface area contributed by atoms with E-state index in [1.54, 1.807) is 0 Å². The summed E-state index contributed by atoms with van der Waals surface area (Å²) in [4.78, 5) is 13.4. The van der Waals surface area contributed by atoms with Gasteiger partial charge < -0.3 is 10.1 Å². The number of nitrogens with one attached hydrogen (secondary N) is 1. The number of hydrogen-bond acceptors (Lipinski definition) is 2. The molecule has 2 aromatic rings. The van der Waals surface area contributed by atoms with Gasteiger partial charge in [-0.1, -0.05) is 56.0 Å². The average molecular weight is 366 g/mol. The Morgan fingerprint density at radius 1 is 1.04 bits per heavy atom. The number of benzene rings is 2. The van der Waals surface area contributed by atoms with E-state index in [1.165, 1.54) is 12.0 Å². The third kappa shape index (κ3) is 4.35. The van der Waals surface area contributed by atoms with E-state index in [0.717, 1.165) is 54.7 Å². The van der Waals surface area contributed by atoms with Gasteiger partial charge in [0.2, 0.25) is 5.91 Å². The number of anilines is 1. The summed E-state index contributed by atoms with van der Waals surface area (Å²) in [6.45, 7) is 6.92. The Kier molecular flexibility index (Phi) is 6.20. The Bertz CT molecular complexity index is 773. The second kappa shape index (κ2) is 8.60. The molecule has 0 heterocycles. The molecule has 0 atom stereocenters. The van der Waals surface area contributed by atoms with Crippen molar-refractivity contribution >= 4 is 11.6 Å². The van der Waals surface area contributed by atoms with Crippen LogP contribution in [0.2, 0.25) is 0 Å². The number of rotatable bonds is 6. The minimum absolute atomic E-state index is 0.118. The van der Waals surface area contributed by atoms with Crippen molar-refractivity contribution in [3.63, 3.8) is 0 Å². The second-order valence-corrected chi connectivity index (χ2v) is 7.79.